The summed E-state index contributed by atoms with van der Waals surface area (Å²) >= 11 is 0. The van der Waals surface area contributed by atoms with Gasteiger partial charge in [0.1, 0.15) is 0 Å². The second-order valence-electron chi connectivity index (χ2n) is 5.07. The van der Waals surface area contributed by atoms with Crippen molar-refractivity contribution >= 4 is 34.6 Å². The minimum atomic E-state index is -1.23. The molecule has 2 N–H and O–H groups in total. The zero-order valence-corrected chi connectivity index (χ0v) is 13.2. The number of nitrogens with zero attached hydrogens (tertiary/aromatic N) is 2. The van der Waals surface area contributed by atoms with Gasteiger partial charge in [0.25, 0.3) is 17.3 Å². The maximum atomic E-state index is 12.2. The molecule has 2 rings (SSSR count). The lowest BCUT2D eigenvalue weighted by Gasteiger charge is -2.13. The van der Waals surface area contributed by atoms with Crippen LogP contribution >= 0.6 is 0 Å². The largest absolute Gasteiger partial charge is 0.867 e. The first-order valence-corrected chi connectivity index (χ1v) is 7.02. The average molecular weight is 359 g/mol. The molecule has 0 unspecified atom stereocenters. The van der Waals surface area contributed by atoms with Crippen molar-refractivity contribution in [2.45, 2.75) is 6.92 Å². The number of hydrogen-bond donors (Lipinski definition) is 2. The van der Waals surface area contributed by atoms with Gasteiger partial charge < -0.3 is 15.7 Å². The Morgan fingerprint density at radius 3 is 1.92 bits per heavy atom. The van der Waals surface area contributed by atoms with Crippen LogP contribution in [-0.2, 0) is 4.79 Å². The van der Waals surface area contributed by atoms with Crippen LogP contribution in [0.15, 0.2) is 36.4 Å². The number of amides is 2. The van der Waals surface area contributed by atoms with Gasteiger partial charge in [-0.1, -0.05) is 0 Å². The van der Waals surface area contributed by atoms with E-state index in [0.717, 1.165) is 0 Å². The molecule has 0 aliphatic carbocycles. The molecule has 11 heteroatoms. The van der Waals surface area contributed by atoms with E-state index >= 15 is 0 Å². The van der Waals surface area contributed by atoms with Crippen molar-refractivity contribution in [3.63, 3.8) is 0 Å². The van der Waals surface area contributed by atoms with Crippen LogP contribution in [0.1, 0.15) is 17.3 Å². The number of anilines is 2. The number of carbonyl (C=O) groups excluding carboxylic acids is 2. The molecule has 11 nitrogen and oxygen atoms in total. The second-order valence-corrected chi connectivity index (χ2v) is 5.07. The highest BCUT2D eigenvalue weighted by atomic mass is 16.6. The van der Waals surface area contributed by atoms with Crippen LogP contribution in [0.4, 0.5) is 22.7 Å². The Labute approximate surface area is 145 Å². The van der Waals surface area contributed by atoms with Crippen molar-refractivity contribution in [2.75, 3.05) is 10.6 Å². The highest BCUT2D eigenvalue weighted by molar-refractivity contribution is 6.07. The first kappa shape index (κ1) is 18.3. The van der Waals surface area contributed by atoms with Gasteiger partial charge in [0.05, 0.1) is 15.9 Å². The highest BCUT2D eigenvalue weighted by Gasteiger charge is 2.22. The lowest BCUT2D eigenvalue weighted by atomic mass is 10.1. The zero-order valence-electron chi connectivity index (χ0n) is 13.2. The Hall–Kier alpha value is -4.02. The third-order valence-corrected chi connectivity index (χ3v) is 3.17. The summed E-state index contributed by atoms with van der Waals surface area (Å²) in [4.78, 5) is 42.9. The number of non-ortho nitro benzene ring substituents is 1. The van der Waals surface area contributed by atoms with E-state index in [2.05, 4.69) is 10.6 Å². The normalized spacial score (nSPS) is 10.0. The summed E-state index contributed by atoms with van der Waals surface area (Å²) in [6, 6.07) is 6.96. The molecule has 0 fully saturated rings. The summed E-state index contributed by atoms with van der Waals surface area (Å²) in [5, 5.41) is 38.6. The average Bonchev–Trinajstić information content (AvgIpc) is 2.55. The number of nitro benzene ring substituents is 2. The first-order chi connectivity index (χ1) is 12.2. The second kappa shape index (κ2) is 7.25. The molecular formula is C15H11N4O7-. The van der Waals surface area contributed by atoms with Crippen molar-refractivity contribution in [1.29, 1.82) is 0 Å². The fraction of sp³-hybridized carbons (Fsp3) is 0.0667. The fourth-order valence-corrected chi connectivity index (χ4v) is 2.05. The van der Waals surface area contributed by atoms with Gasteiger partial charge in [0, 0.05) is 29.9 Å². The van der Waals surface area contributed by atoms with Gasteiger partial charge >= 0.3 is 0 Å². The molecule has 0 saturated heterocycles. The molecule has 0 aliphatic rings. The van der Waals surface area contributed by atoms with Crippen LogP contribution in [0.3, 0.4) is 0 Å². The van der Waals surface area contributed by atoms with E-state index in [1.54, 1.807) is 0 Å². The molecule has 0 aliphatic heterocycles. The smallest absolute Gasteiger partial charge is 0.277 e. The standard InChI is InChI=1S/C15H12N4O7/c1-8(20)16-9-2-4-10(5-3-9)17-15(22)12-6-11(18(23)24)7-13(14(12)21)19(25)26/h2-7,21H,1H3,(H,16,20)(H,17,22)/p-1. The molecule has 0 radical (unpaired) electrons. The van der Waals surface area contributed by atoms with Crippen molar-refractivity contribution in [3.8, 4) is 5.75 Å². The molecule has 0 spiro atoms. The molecular weight excluding hydrogens is 348 g/mol. The van der Waals surface area contributed by atoms with Crippen molar-refractivity contribution in [1.82, 2.24) is 0 Å². The molecule has 0 heterocycles. The van der Waals surface area contributed by atoms with E-state index in [0.29, 0.717) is 17.8 Å². The van der Waals surface area contributed by atoms with Crippen molar-refractivity contribution < 1.29 is 24.5 Å². The number of benzene rings is 2. The highest BCUT2D eigenvalue weighted by Crippen LogP contribution is 2.32. The van der Waals surface area contributed by atoms with Crippen LogP contribution in [0.25, 0.3) is 0 Å². The monoisotopic (exact) mass is 359 g/mol. The topological polar surface area (TPSA) is 168 Å². The predicted molar refractivity (Wildman–Crippen MR) is 87.9 cm³/mol. The number of hydrogen-bond acceptors (Lipinski definition) is 7. The molecule has 0 saturated carbocycles. The predicted octanol–water partition coefficient (Wildman–Crippen LogP) is 1.79. The molecule has 134 valence electrons. The van der Waals surface area contributed by atoms with Crippen LogP contribution < -0.4 is 15.7 Å². The van der Waals surface area contributed by atoms with E-state index < -0.39 is 38.4 Å². The van der Waals surface area contributed by atoms with Crippen LogP contribution in [0.5, 0.6) is 5.75 Å². The zero-order chi connectivity index (χ0) is 19.4. The van der Waals surface area contributed by atoms with E-state index in [1.807, 2.05) is 0 Å². The Bertz CT molecular complexity index is 909. The maximum Gasteiger partial charge on any atom is 0.277 e. The molecule has 0 bridgehead atoms. The maximum absolute atomic E-state index is 12.2. The van der Waals surface area contributed by atoms with Gasteiger partial charge in [-0.2, -0.15) is 0 Å². The summed E-state index contributed by atoms with van der Waals surface area (Å²) in [6.45, 7) is 1.32. The first-order valence-electron chi connectivity index (χ1n) is 7.02. The molecule has 26 heavy (non-hydrogen) atoms. The molecule has 2 aromatic carbocycles. The number of nitrogens with one attached hydrogen (secondary N) is 2. The van der Waals surface area contributed by atoms with Gasteiger partial charge in [-0.25, -0.2) is 0 Å². The minimum Gasteiger partial charge on any atom is -0.867 e. The van der Waals surface area contributed by atoms with Gasteiger partial charge in [-0.3, -0.25) is 29.8 Å². The van der Waals surface area contributed by atoms with E-state index in [9.17, 15) is 34.9 Å². The number of nitro groups is 2. The van der Waals surface area contributed by atoms with Gasteiger partial charge in [0.2, 0.25) is 5.91 Å². The van der Waals surface area contributed by atoms with Crippen LogP contribution in [0.2, 0.25) is 0 Å². The molecule has 2 aromatic rings. The van der Waals surface area contributed by atoms with Crippen LogP contribution in [-0.4, -0.2) is 21.7 Å². The van der Waals surface area contributed by atoms with Gasteiger partial charge in [-0.15, -0.1) is 0 Å². The molecule has 0 aromatic heterocycles. The van der Waals surface area contributed by atoms with Crippen molar-refractivity contribution in [3.05, 3.63) is 62.2 Å². The number of carbonyl (C=O) groups is 2. The van der Waals surface area contributed by atoms with Gasteiger partial charge in [-0.05, 0) is 30.0 Å². The quantitative estimate of drug-likeness (QED) is 0.605. The van der Waals surface area contributed by atoms with E-state index in [4.69, 9.17) is 0 Å². The SMILES string of the molecule is CC(=O)Nc1ccc(NC(=O)c2cc([N+](=O)[O-])cc([N+](=O)[O-])c2[O-])cc1. The third kappa shape index (κ3) is 4.08. The lowest BCUT2D eigenvalue weighted by Crippen LogP contribution is -2.16. The number of rotatable bonds is 5. The Kier molecular flexibility index (Phi) is 5.11. The Morgan fingerprint density at radius 1 is 0.923 bits per heavy atom. The summed E-state index contributed by atoms with van der Waals surface area (Å²) in [5.41, 5.74) is -1.85. The summed E-state index contributed by atoms with van der Waals surface area (Å²) < 4.78 is 0. The summed E-state index contributed by atoms with van der Waals surface area (Å²) in [7, 11) is 0. The van der Waals surface area contributed by atoms with Gasteiger partial charge in [0.15, 0.2) is 0 Å². The molecule has 2 amide bonds. The third-order valence-electron chi connectivity index (χ3n) is 3.17. The van der Waals surface area contributed by atoms with E-state index in [1.165, 1.54) is 31.2 Å². The minimum absolute atomic E-state index is 0.220. The van der Waals surface area contributed by atoms with Crippen LogP contribution in [0, 0.1) is 20.2 Å². The summed E-state index contributed by atoms with van der Waals surface area (Å²) in [6.07, 6.45) is 0. The Morgan fingerprint density at radius 2 is 1.46 bits per heavy atom. The summed E-state index contributed by atoms with van der Waals surface area (Å²) in [5.74, 6) is -2.55. The van der Waals surface area contributed by atoms with Crippen molar-refractivity contribution in [2.24, 2.45) is 0 Å². The Balaban J connectivity index is 2.33. The fourth-order valence-electron chi connectivity index (χ4n) is 2.05. The van der Waals surface area contributed by atoms with E-state index in [-0.39, 0.29) is 11.6 Å². The molecule has 0 atom stereocenters. The lowest BCUT2D eigenvalue weighted by molar-refractivity contribution is -0.403.